The molecule has 0 spiro atoms. The van der Waals surface area contributed by atoms with Crippen LogP contribution in [0.4, 0.5) is 5.82 Å². The van der Waals surface area contributed by atoms with Crippen molar-refractivity contribution in [2.75, 3.05) is 5.73 Å². The first-order valence-electron chi connectivity index (χ1n) is 7.64. The topological polar surface area (TPSA) is 98.5 Å². The lowest BCUT2D eigenvalue weighted by molar-refractivity contribution is 0.741. The number of hydrogen-bond donors (Lipinski definition) is 3. The summed E-state index contributed by atoms with van der Waals surface area (Å²) in [6, 6.07) is 10.2. The van der Waals surface area contributed by atoms with Crippen molar-refractivity contribution < 1.29 is 0 Å². The average molecular weight is 306 g/mol. The molecule has 0 saturated heterocycles. The van der Waals surface area contributed by atoms with Crippen molar-refractivity contribution in [3.63, 3.8) is 0 Å². The van der Waals surface area contributed by atoms with Crippen LogP contribution < -0.4 is 11.5 Å². The number of nitrogens with two attached hydrogens (primary N) is 2. The third-order valence-electron chi connectivity index (χ3n) is 4.29. The highest BCUT2D eigenvalue weighted by Crippen LogP contribution is 2.32. The second kappa shape index (κ2) is 5.10. The molecular weight excluding hydrogens is 288 g/mol. The number of fused-ring (bicyclic) bond motifs is 3. The van der Waals surface area contributed by atoms with Crippen molar-refractivity contribution in [3.8, 4) is 11.3 Å². The van der Waals surface area contributed by atoms with E-state index in [9.17, 15) is 0 Å². The number of aryl methyl sites for hydroxylation is 1. The smallest absolute Gasteiger partial charge is 0.133 e. The van der Waals surface area contributed by atoms with Crippen LogP contribution in [0, 0.1) is 0 Å². The van der Waals surface area contributed by atoms with Gasteiger partial charge in [-0.25, -0.2) is 4.98 Å². The van der Waals surface area contributed by atoms with Crippen LogP contribution in [0.15, 0.2) is 36.5 Å². The molecular formula is C17H18N6. The molecule has 5 N–H and O–H groups in total. The van der Waals surface area contributed by atoms with Gasteiger partial charge in [-0.15, -0.1) is 0 Å². The fraction of sp³-hybridized carbons (Fsp3) is 0.176. The molecule has 23 heavy (non-hydrogen) atoms. The molecule has 0 aliphatic rings. The normalized spacial score (nSPS) is 11.6. The maximum atomic E-state index is 6.20. The molecule has 0 fully saturated rings. The van der Waals surface area contributed by atoms with Gasteiger partial charge in [0, 0.05) is 41.3 Å². The van der Waals surface area contributed by atoms with Gasteiger partial charge >= 0.3 is 0 Å². The highest BCUT2D eigenvalue weighted by Gasteiger charge is 2.14. The van der Waals surface area contributed by atoms with E-state index in [4.69, 9.17) is 11.5 Å². The summed E-state index contributed by atoms with van der Waals surface area (Å²) in [5.74, 6) is 0.538. The summed E-state index contributed by atoms with van der Waals surface area (Å²) in [4.78, 5) is 4.59. The molecule has 0 amide bonds. The Bertz CT molecular complexity index is 997. The molecule has 0 bridgehead atoms. The number of hydrogen-bond acceptors (Lipinski definition) is 4. The molecule has 1 aromatic carbocycles. The number of aromatic amines is 1. The SMILES string of the molecule is CCn1c(CN)cc2c(N)nc3cc(-c4ccn[nH]4)ccc3c21. The number of nitrogens with zero attached hydrogens (tertiary/aromatic N) is 3. The predicted octanol–water partition coefficient (Wildman–Crippen LogP) is 2.64. The minimum Gasteiger partial charge on any atom is -0.383 e. The molecule has 116 valence electrons. The van der Waals surface area contributed by atoms with E-state index in [2.05, 4.69) is 38.8 Å². The van der Waals surface area contributed by atoms with Gasteiger partial charge in [-0.1, -0.05) is 12.1 Å². The Morgan fingerprint density at radius 3 is 2.74 bits per heavy atom. The van der Waals surface area contributed by atoms with Crippen LogP contribution in [0.2, 0.25) is 0 Å². The molecule has 6 nitrogen and oxygen atoms in total. The number of pyridine rings is 1. The number of anilines is 1. The molecule has 0 aliphatic heterocycles. The van der Waals surface area contributed by atoms with Crippen LogP contribution in [0.5, 0.6) is 0 Å². The largest absolute Gasteiger partial charge is 0.383 e. The monoisotopic (exact) mass is 306 g/mol. The Labute approximate surface area is 133 Å². The summed E-state index contributed by atoms with van der Waals surface area (Å²) >= 11 is 0. The summed E-state index contributed by atoms with van der Waals surface area (Å²) in [5, 5.41) is 9.02. The second-order valence-electron chi connectivity index (χ2n) is 5.55. The maximum absolute atomic E-state index is 6.20. The number of benzene rings is 1. The van der Waals surface area contributed by atoms with E-state index >= 15 is 0 Å². The van der Waals surface area contributed by atoms with E-state index < -0.39 is 0 Å². The second-order valence-corrected chi connectivity index (χ2v) is 5.55. The average Bonchev–Trinajstić information content (AvgIpc) is 3.22. The Kier molecular flexibility index (Phi) is 3.06. The minimum atomic E-state index is 0.482. The van der Waals surface area contributed by atoms with Crippen LogP contribution >= 0.6 is 0 Å². The summed E-state index contributed by atoms with van der Waals surface area (Å²) in [6.45, 7) is 3.44. The van der Waals surface area contributed by atoms with Crippen molar-refractivity contribution >= 4 is 27.6 Å². The van der Waals surface area contributed by atoms with E-state index in [1.165, 1.54) is 0 Å². The van der Waals surface area contributed by atoms with Gasteiger partial charge in [0.05, 0.1) is 16.7 Å². The first kappa shape index (κ1) is 13.8. The van der Waals surface area contributed by atoms with E-state index in [1.54, 1.807) is 6.20 Å². The van der Waals surface area contributed by atoms with Gasteiger partial charge in [0.1, 0.15) is 5.82 Å². The zero-order chi connectivity index (χ0) is 16.0. The Morgan fingerprint density at radius 2 is 2.04 bits per heavy atom. The number of aromatic nitrogens is 4. The Hall–Kier alpha value is -2.86. The standard InChI is InChI=1S/C17H18N6/c1-2-23-11(9-18)8-13-16(23)12-4-3-10(14-5-6-20-22-14)7-15(12)21-17(13)19/h3-8H,2,9,18H2,1H3,(H2,19,21)(H,20,22). The number of nitrogen functional groups attached to an aromatic ring is 1. The van der Waals surface area contributed by atoms with Gasteiger partial charge in [0.15, 0.2) is 0 Å². The molecule has 6 heteroatoms. The molecule has 4 rings (SSSR count). The van der Waals surface area contributed by atoms with Gasteiger partial charge in [-0.2, -0.15) is 5.10 Å². The third kappa shape index (κ3) is 1.99. The van der Waals surface area contributed by atoms with Gasteiger partial charge < -0.3 is 16.0 Å². The number of H-pyrrole nitrogens is 1. The summed E-state index contributed by atoms with van der Waals surface area (Å²) in [5.41, 5.74) is 17.1. The van der Waals surface area contributed by atoms with Crippen molar-refractivity contribution in [3.05, 3.63) is 42.2 Å². The zero-order valence-corrected chi connectivity index (χ0v) is 12.9. The van der Waals surface area contributed by atoms with E-state index in [0.29, 0.717) is 12.4 Å². The van der Waals surface area contributed by atoms with Gasteiger partial charge in [-0.05, 0) is 25.1 Å². The maximum Gasteiger partial charge on any atom is 0.133 e. The lowest BCUT2D eigenvalue weighted by atomic mass is 10.1. The molecule has 4 aromatic rings. The third-order valence-corrected chi connectivity index (χ3v) is 4.29. The summed E-state index contributed by atoms with van der Waals surface area (Å²) < 4.78 is 2.21. The Balaban J connectivity index is 2.07. The quantitative estimate of drug-likeness (QED) is 0.542. The molecule has 0 atom stereocenters. The van der Waals surface area contributed by atoms with Crippen LogP contribution in [-0.2, 0) is 13.1 Å². The van der Waals surface area contributed by atoms with Crippen molar-refractivity contribution in [1.29, 1.82) is 0 Å². The van der Waals surface area contributed by atoms with E-state index in [-0.39, 0.29) is 0 Å². The molecule has 0 saturated carbocycles. The molecule has 0 unspecified atom stereocenters. The summed E-state index contributed by atoms with van der Waals surface area (Å²) in [7, 11) is 0. The Morgan fingerprint density at radius 1 is 1.17 bits per heavy atom. The highest BCUT2D eigenvalue weighted by atomic mass is 15.1. The first-order valence-corrected chi connectivity index (χ1v) is 7.64. The summed E-state index contributed by atoms with van der Waals surface area (Å²) in [6.07, 6.45) is 1.74. The lowest BCUT2D eigenvalue weighted by Crippen LogP contribution is -2.05. The van der Waals surface area contributed by atoms with Crippen molar-refractivity contribution in [2.24, 2.45) is 5.73 Å². The predicted molar refractivity (Wildman–Crippen MR) is 92.8 cm³/mol. The first-order chi connectivity index (χ1) is 11.2. The van der Waals surface area contributed by atoms with Crippen LogP contribution in [0.3, 0.4) is 0 Å². The van der Waals surface area contributed by atoms with Crippen LogP contribution in [-0.4, -0.2) is 19.7 Å². The number of nitrogens with one attached hydrogen (secondary N) is 1. The molecule has 0 aliphatic carbocycles. The lowest BCUT2D eigenvalue weighted by Gasteiger charge is -2.10. The fourth-order valence-corrected chi connectivity index (χ4v) is 3.22. The van der Waals surface area contributed by atoms with Crippen LogP contribution in [0.25, 0.3) is 33.1 Å². The van der Waals surface area contributed by atoms with Gasteiger partial charge in [-0.3, -0.25) is 5.10 Å². The minimum absolute atomic E-state index is 0.482. The zero-order valence-electron chi connectivity index (χ0n) is 12.9. The van der Waals surface area contributed by atoms with E-state index in [1.807, 2.05) is 18.2 Å². The van der Waals surface area contributed by atoms with Crippen molar-refractivity contribution in [2.45, 2.75) is 20.0 Å². The van der Waals surface area contributed by atoms with Gasteiger partial charge in [0.2, 0.25) is 0 Å². The van der Waals surface area contributed by atoms with Gasteiger partial charge in [0.25, 0.3) is 0 Å². The van der Waals surface area contributed by atoms with E-state index in [0.717, 1.165) is 45.3 Å². The molecule has 3 aromatic heterocycles. The molecule has 0 radical (unpaired) electrons. The fourth-order valence-electron chi connectivity index (χ4n) is 3.22. The van der Waals surface area contributed by atoms with Crippen LogP contribution in [0.1, 0.15) is 12.6 Å². The number of rotatable bonds is 3. The highest BCUT2D eigenvalue weighted by molar-refractivity contribution is 6.09. The van der Waals surface area contributed by atoms with Crippen molar-refractivity contribution in [1.82, 2.24) is 19.7 Å². The molecule has 3 heterocycles.